The topological polar surface area (TPSA) is 80.1 Å². The number of aromatic nitrogens is 1. The quantitative estimate of drug-likeness (QED) is 0.627. The van der Waals surface area contributed by atoms with E-state index in [0.29, 0.717) is 17.9 Å². The lowest BCUT2D eigenvalue weighted by molar-refractivity contribution is -0.383. The monoisotopic (exact) mass is 278 g/mol. The minimum absolute atomic E-state index is 0.0725. The Morgan fingerprint density at radius 2 is 2.21 bits per heavy atom. The average Bonchev–Trinajstić information content (AvgIpc) is 2.91. The minimum atomic E-state index is -0.378. The van der Waals surface area contributed by atoms with Crippen molar-refractivity contribution in [3.05, 3.63) is 44.9 Å². The van der Waals surface area contributed by atoms with Gasteiger partial charge >= 0.3 is 5.69 Å². The number of hydrogen-bond acceptors (Lipinski definition) is 6. The summed E-state index contributed by atoms with van der Waals surface area (Å²) < 4.78 is 0. The lowest BCUT2D eigenvalue weighted by Gasteiger charge is -2.09. The van der Waals surface area contributed by atoms with E-state index < -0.39 is 0 Å². The second-order valence-corrected chi connectivity index (χ2v) is 4.58. The van der Waals surface area contributed by atoms with Crippen LogP contribution >= 0.6 is 11.3 Å². The highest BCUT2D eigenvalue weighted by molar-refractivity contribution is 7.07. The highest BCUT2D eigenvalue weighted by Gasteiger charge is 2.18. The zero-order chi connectivity index (χ0) is 13.7. The number of nitrogens with zero attached hydrogens (tertiary/aromatic N) is 2. The van der Waals surface area contributed by atoms with E-state index in [1.165, 1.54) is 0 Å². The van der Waals surface area contributed by atoms with Crippen molar-refractivity contribution in [2.24, 2.45) is 0 Å². The van der Waals surface area contributed by atoms with Gasteiger partial charge in [0.25, 0.3) is 0 Å². The van der Waals surface area contributed by atoms with Gasteiger partial charge in [0.05, 0.1) is 16.1 Å². The van der Waals surface area contributed by atoms with Gasteiger partial charge < -0.3 is 10.6 Å². The fourth-order valence-electron chi connectivity index (χ4n) is 1.77. The van der Waals surface area contributed by atoms with Crippen LogP contribution in [0, 0.1) is 10.1 Å². The zero-order valence-corrected chi connectivity index (χ0v) is 11.2. The molecule has 1 aromatic carbocycles. The Hall–Kier alpha value is -2.15. The molecule has 1 aromatic heterocycles. The first-order chi connectivity index (χ1) is 9.22. The molecule has 2 N–H and O–H groups in total. The molecule has 6 nitrogen and oxygen atoms in total. The van der Waals surface area contributed by atoms with Crippen molar-refractivity contribution >= 4 is 28.4 Å². The average molecular weight is 278 g/mol. The lowest BCUT2D eigenvalue weighted by atomic mass is 10.2. The third-order valence-corrected chi connectivity index (χ3v) is 3.30. The summed E-state index contributed by atoms with van der Waals surface area (Å²) in [7, 11) is 1.67. The first kappa shape index (κ1) is 13.3. The molecular weight excluding hydrogens is 264 g/mol. The number of hydrogen-bond donors (Lipinski definition) is 2. The van der Waals surface area contributed by atoms with E-state index >= 15 is 0 Å². The highest BCUT2D eigenvalue weighted by Crippen LogP contribution is 2.32. The fourth-order valence-corrected chi connectivity index (χ4v) is 2.36. The van der Waals surface area contributed by atoms with Gasteiger partial charge in [-0.3, -0.25) is 10.1 Å². The third kappa shape index (κ3) is 3.19. The normalized spacial score (nSPS) is 10.2. The first-order valence-electron chi connectivity index (χ1n) is 5.78. The number of benzene rings is 1. The standard InChI is InChI=1S/C12H14N4O2S/c1-13-10-3-2-4-11(12(10)16(17)18)14-6-5-9-7-19-8-15-9/h2-4,7-8,13-14H,5-6H2,1H3. The number of nitrogens with one attached hydrogen (secondary N) is 2. The Labute approximate surface area is 114 Å². The molecule has 2 rings (SSSR count). The molecule has 0 atom stereocenters. The molecule has 0 fully saturated rings. The van der Waals surface area contributed by atoms with Crippen LogP contribution in [0.2, 0.25) is 0 Å². The zero-order valence-electron chi connectivity index (χ0n) is 10.4. The second kappa shape index (κ2) is 6.14. The van der Waals surface area contributed by atoms with E-state index in [1.54, 1.807) is 42.1 Å². The molecule has 100 valence electrons. The van der Waals surface area contributed by atoms with Crippen LogP contribution in [0.4, 0.5) is 17.1 Å². The van der Waals surface area contributed by atoms with Crippen LogP contribution in [0.25, 0.3) is 0 Å². The van der Waals surface area contributed by atoms with Crippen LogP contribution in [-0.4, -0.2) is 23.5 Å². The molecule has 7 heteroatoms. The second-order valence-electron chi connectivity index (χ2n) is 3.87. The molecule has 0 unspecified atom stereocenters. The Morgan fingerprint density at radius 3 is 2.84 bits per heavy atom. The van der Waals surface area contributed by atoms with Gasteiger partial charge in [-0.05, 0) is 12.1 Å². The van der Waals surface area contributed by atoms with Gasteiger partial charge in [-0.15, -0.1) is 11.3 Å². The van der Waals surface area contributed by atoms with E-state index in [-0.39, 0.29) is 10.6 Å². The van der Waals surface area contributed by atoms with Crippen LogP contribution in [0.3, 0.4) is 0 Å². The van der Waals surface area contributed by atoms with Crippen LogP contribution in [0.5, 0.6) is 0 Å². The molecular formula is C12H14N4O2S. The number of nitro groups is 1. The smallest absolute Gasteiger partial charge is 0.315 e. The predicted molar refractivity (Wildman–Crippen MR) is 77.0 cm³/mol. The summed E-state index contributed by atoms with van der Waals surface area (Å²) in [6.07, 6.45) is 0.741. The van der Waals surface area contributed by atoms with Gasteiger partial charge in [-0.1, -0.05) is 6.07 Å². The summed E-state index contributed by atoms with van der Waals surface area (Å²) in [5.41, 5.74) is 3.86. The molecule has 0 amide bonds. The van der Waals surface area contributed by atoms with Crippen LogP contribution in [-0.2, 0) is 6.42 Å². The molecule has 0 bridgehead atoms. The first-order valence-corrected chi connectivity index (χ1v) is 6.72. The minimum Gasteiger partial charge on any atom is -0.382 e. The maximum Gasteiger partial charge on any atom is 0.315 e. The summed E-state index contributed by atoms with van der Waals surface area (Å²) >= 11 is 1.54. The summed E-state index contributed by atoms with van der Waals surface area (Å²) in [5.74, 6) is 0. The van der Waals surface area contributed by atoms with Gasteiger partial charge in [0, 0.05) is 25.4 Å². The highest BCUT2D eigenvalue weighted by atomic mass is 32.1. The number of thiazole rings is 1. The number of para-hydroxylation sites is 1. The SMILES string of the molecule is CNc1cccc(NCCc2cscn2)c1[N+](=O)[O-]. The Kier molecular flexibility index (Phi) is 4.30. The molecule has 0 aliphatic rings. The molecule has 0 saturated carbocycles. The van der Waals surface area contributed by atoms with Crippen molar-refractivity contribution in [3.8, 4) is 0 Å². The fraction of sp³-hybridized carbons (Fsp3) is 0.250. The number of nitro benzene ring substituents is 1. The van der Waals surface area contributed by atoms with Crippen molar-refractivity contribution in [1.29, 1.82) is 0 Å². The number of rotatable bonds is 6. The largest absolute Gasteiger partial charge is 0.382 e. The van der Waals surface area contributed by atoms with E-state index in [4.69, 9.17) is 0 Å². The molecule has 0 saturated heterocycles. The maximum absolute atomic E-state index is 11.1. The van der Waals surface area contributed by atoms with E-state index in [9.17, 15) is 10.1 Å². The molecule has 0 radical (unpaired) electrons. The molecule has 19 heavy (non-hydrogen) atoms. The molecule has 1 heterocycles. The molecule has 2 aromatic rings. The van der Waals surface area contributed by atoms with Crippen LogP contribution < -0.4 is 10.6 Å². The van der Waals surface area contributed by atoms with Gasteiger partial charge in [-0.2, -0.15) is 0 Å². The van der Waals surface area contributed by atoms with Gasteiger partial charge in [0.2, 0.25) is 0 Å². The maximum atomic E-state index is 11.1. The van der Waals surface area contributed by atoms with E-state index in [0.717, 1.165) is 12.1 Å². The van der Waals surface area contributed by atoms with Gasteiger partial charge in [0.1, 0.15) is 11.4 Å². The van der Waals surface area contributed by atoms with Crippen molar-refractivity contribution in [2.45, 2.75) is 6.42 Å². The van der Waals surface area contributed by atoms with E-state index in [2.05, 4.69) is 15.6 Å². The van der Waals surface area contributed by atoms with Gasteiger partial charge in [0.15, 0.2) is 0 Å². The Morgan fingerprint density at radius 1 is 1.42 bits per heavy atom. The Bertz CT molecular complexity index is 557. The van der Waals surface area contributed by atoms with Crippen molar-refractivity contribution in [1.82, 2.24) is 4.98 Å². The van der Waals surface area contributed by atoms with Crippen LogP contribution in [0.15, 0.2) is 29.1 Å². The van der Waals surface area contributed by atoms with Crippen molar-refractivity contribution in [2.75, 3.05) is 24.2 Å². The summed E-state index contributed by atoms with van der Waals surface area (Å²) in [6, 6.07) is 5.17. The molecule has 0 aliphatic heterocycles. The lowest BCUT2D eigenvalue weighted by Crippen LogP contribution is -2.08. The molecule has 0 spiro atoms. The third-order valence-electron chi connectivity index (χ3n) is 2.67. The van der Waals surface area contributed by atoms with Crippen molar-refractivity contribution < 1.29 is 4.92 Å². The predicted octanol–water partition coefficient (Wildman–Crippen LogP) is 2.75. The molecule has 0 aliphatic carbocycles. The van der Waals surface area contributed by atoms with Gasteiger partial charge in [-0.25, -0.2) is 4.98 Å². The summed E-state index contributed by atoms with van der Waals surface area (Å²) in [6.45, 7) is 0.609. The summed E-state index contributed by atoms with van der Waals surface area (Å²) in [5, 5.41) is 19.0. The van der Waals surface area contributed by atoms with Crippen molar-refractivity contribution in [3.63, 3.8) is 0 Å². The van der Waals surface area contributed by atoms with Crippen LogP contribution in [0.1, 0.15) is 5.69 Å². The number of anilines is 2. The Balaban J connectivity index is 2.09. The van der Waals surface area contributed by atoms with E-state index in [1.807, 2.05) is 5.38 Å². The summed E-state index contributed by atoms with van der Waals surface area (Å²) in [4.78, 5) is 14.9.